The number of sulfonamides is 1. The molecular formula is C15H19ClN4O4S. The average Bonchev–Trinajstić information content (AvgIpc) is 3.00. The first-order valence-corrected chi connectivity index (χ1v) is 9.57. The molecule has 0 aliphatic carbocycles. The first kappa shape index (κ1) is 18.1. The highest BCUT2D eigenvalue weighted by molar-refractivity contribution is 7.89. The monoisotopic (exact) mass is 386 g/mol. The number of benzene rings is 1. The SMILES string of the molecule is COc1ccc(Cl)cc1S(=O)(=O)N1CCN(Cc2nnc(C)o2)CC1. The normalized spacial score (nSPS) is 16.9. The molecule has 8 nitrogen and oxygen atoms in total. The van der Waals surface area contributed by atoms with Gasteiger partial charge in [-0.3, -0.25) is 4.90 Å². The van der Waals surface area contributed by atoms with Gasteiger partial charge in [0.1, 0.15) is 10.6 Å². The summed E-state index contributed by atoms with van der Waals surface area (Å²) in [5.74, 6) is 1.34. The lowest BCUT2D eigenvalue weighted by molar-refractivity contribution is 0.167. The van der Waals surface area contributed by atoms with E-state index in [9.17, 15) is 8.42 Å². The molecule has 1 aromatic carbocycles. The van der Waals surface area contributed by atoms with E-state index >= 15 is 0 Å². The van der Waals surface area contributed by atoms with Crippen LogP contribution in [0.2, 0.25) is 5.02 Å². The Hall–Kier alpha value is -1.68. The number of rotatable bonds is 5. The van der Waals surface area contributed by atoms with Crippen LogP contribution in [0.15, 0.2) is 27.5 Å². The van der Waals surface area contributed by atoms with Crippen molar-refractivity contribution in [3.8, 4) is 5.75 Å². The molecule has 0 unspecified atom stereocenters. The highest BCUT2D eigenvalue weighted by Gasteiger charge is 2.31. The Morgan fingerprint density at radius 1 is 1.24 bits per heavy atom. The van der Waals surface area contributed by atoms with Gasteiger partial charge in [0.2, 0.25) is 21.8 Å². The number of halogens is 1. The molecule has 1 aliphatic heterocycles. The second-order valence-electron chi connectivity index (χ2n) is 5.69. The highest BCUT2D eigenvalue weighted by Crippen LogP contribution is 2.30. The topological polar surface area (TPSA) is 88.8 Å². The molecule has 136 valence electrons. The molecular weight excluding hydrogens is 368 g/mol. The Morgan fingerprint density at radius 3 is 2.56 bits per heavy atom. The van der Waals surface area contributed by atoms with E-state index in [1.165, 1.54) is 17.5 Å². The maximum absolute atomic E-state index is 12.9. The van der Waals surface area contributed by atoms with E-state index in [0.29, 0.717) is 49.5 Å². The van der Waals surface area contributed by atoms with E-state index < -0.39 is 10.0 Å². The van der Waals surface area contributed by atoms with Gasteiger partial charge in [0, 0.05) is 38.1 Å². The predicted octanol–water partition coefficient (Wildman–Crippen LogP) is 1.55. The number of aromatic nitrogens is 2. The summed E-state index contributed by atoms with van der Waals surface area (Å²) >= 11 is 5.96. The Bertz CT molecular complexity index is 847. The highest BCUT2D eigenvalue weighted by atomic mass is 35.5. The standard InChI is InChI=1S/C15H19ClN4O4S/c1-11-17-18-15(24-11)10-19-5-7-20(8-6-19)25(21,22)14-9-12(16)3-4-13(14)23-2/h3-4,9H,5-8,10H2,1-2H3. The zero-order valence-corrected chi connectivity index (χ0v) is 15.5. The lowest BCUT2D eigenvalue weighted by atomic mass is 10.3. The van der Waals surface area contributed by atoms with Crippen LogP contribution in [0.1, 0.15) is 11.8 Å². The number of aryl methyl sites for hydroxylation is 1. The largest absolute Gasteiger partial charge is 0.495 e. The first-order chi connectivity index (χ1) is 11.9. The Labute approximate surface area is 151 Å². The molecule has 25 heavy (non-hydrogen) atoms. The van der Waals surface area contributed by atoms with E-state index in [-0.39, 0.29) is 10.6 Å². The van der Waals surface area contributed by atoms with Crippen LogP contribution in [-0.2, 0) is 16.6 Å². The number of hydrogen-bond donors (Lipinski definition) is 0. The van der Waals surface area contributed by atoms with Crippen molar-refractivity contribution in [2.75, 3.05) is 33.3 Å². The molecule has 0 amide bonds. The Kier molecular flexibility index (Phi) is 5.28. The van der Waals surface area contributed by atoms with Gasteiger partial charge >= 0.3 is 0 Å². The summed E-state index contributed by atoms with van der Waals surface area (Å²) in [7, 11) is -2.24. The van der Waals surface area contributed by atoms with Gasteiger partial charge in [-0.05, 0) is 18.2 Å². The Morgan fingerprint density at radius 2 is 1.96 bits per heavy atom. The average molecular weight is 387 g/mol. The summed E-state index contributed by atoms with van der Waals surface area (Å²) < 4.78 is 37.8. The minimum Gasteiger partial charge on any atom is -0.495 e. The fourth-order valence-electron chi connectivity index (χ4n) is 2.71. The summed E-state index contributed by atoms with van der Waals surface area (Å²) in [6, 6.07) is 4.58. The van der Waals surface area contributed by atoms with Crippen molar-refractivity contribution in [1.29, 1.82) is 0 Å². The fraction of sp³-hybridized carbons (Fsp3) is 0.467. The number of nitrogens with zero attached hydrogens (tertiary/aromatic N) is 4. The molecule has 3 rings (SSSR count). The lowest BCUT2D eigenvalue weighted by Gasteiger charge is -2.33. The van der Waals surface area contributed by atoms with Crippen LogP contribution in [0, 0.1) is 6.92 Å². The molecule has 10 heteroatoms. The quantitative estimate of drug-likeness (QED) is 0.770. The van der Waals surface area contributed by atoms with Crippen LogP contribution in [0.5, 0.6) is 5.75 Å². The second kappa shape index (κ2) is 7.28. The van der Waals surface area contributed by atoms with E-state index in [1.54, 1.807) is 19.1 Å². The van der Waals surface area contributed by atoms with Crippen LogP contribution < -0.4 is 4.74 Å². The zero-order chi connectivity index (χ0) is 18.0. The van der Waals surface area contributed by atoms with Gasteiger partial charge < -0.3 is 9.15 Å². The molecule has 2 heterocycles. The second-order valence-corrected chi connectivity index (χ2v) is 8.03. The van der Waals surface area contributed by atoms with Gasteiger partial charge in [-0.25, -0.2) is 8.42 Å². The number of methoxy groups -OCH3 is 1. The molecule has 0 saturated carbocycles. The molecule has 1 fully saturated rings. The summed E-state index contributed by atoms with van der Waals surface area (Å²) in [4.78, 5) is 2.16. The van der Waals surface area contributed by atoms with Crippen molar-refractivity contribution in [3.63, 3.8) is 0 Å². The van der Waals surface area contributed by atoms with Crippen molar-refractivity contribution in [1.82, 2.24) is 19.4 Å². The molecule has 0 bridgehead atoms. The summed E-state index contributed by atoms with van der Waals surface area (Å²) in [5, 5.41) is 8.12. The number of ether oxygens (including phenoxy) is 1. The van der Waals surface area contributed by atoms with Crippen LogP contribution in [-0.4, -0.2) is 61.1 Å². The molecule has 0 spiro atoms. The molecule has 2 aromatic rings. The van der Waals surface area contributed by atoms with Crippen LogP contribution in [0.25, 0.3) is 0 Å². The van der Waals surface area contributed by atoms with Gasteiger partial charge in [0.25, 0.3) is 0 Å². The minimum atomic E-state index is -3.67. The van der Waals surface area contributed by atoms with Gasteiger partial charge in [-0.1, -0.05) is 11.6 Å². The molecule has 1 aliphatic rings. The summed E-state index contributed by atoms with van der Waals surface area (Å²) in [5.41, 5.74) is 0. The van der Waals surface area contributed by atoms with Gasteiger partial charge in [0.15, 0.2) is 0 Å². The molecule has 1 aromatic heterocycles. The van der Waals surface area contributed by atoms with E-state index in [2.05, 4.69) is 15.1 Å². The minimum absolute atomic E-state index is 0.0866. The van der Waals surface area contributed by atoms with E-state index in [1.807, 2.05) is 0 Å². The van der Waals surface area contributed by atoms with Crippen molar-refractivity contribution >= 4 is 21.6 Å². The maximum Gasteiger partial charge on any atom is 0.246 e. The fourth-order valence-corrected chi connectivity index (χ4v) is 4.55. The maximum atomic E-state index is 12.9. The van der Waals surface area contributed by atoms with E-state index in [4.69, 9.17) is 20.8 Å². The van der Waals surface area contributed by atoms with E-state index in [0.717, 1.165) is 0 Å². The third kappa shape index (κ3) is 3.95. The lowest BCUT2D eigenvalue weighted by Crippen LogP contribution is -2.48. The third-order valence-corrected chi connectivity index (χ3v) is 6.16. The summed E-state index contributed by atoms with van der Waals surface area (Å²) in [6.45, 7) is 4.12. The van der Waals surface area contributed by atoms with Gasteiger partial charge in [-0.2, -0.15) is 4.31 Å². The number of piperazine rings is 1. The van der Waals surface area contributed by atoms with Gasteiger partial charge in [0.05, 0.1) is 13.7 Å². The van der Waals surface area contributed by atoms with Crippen LogP contribution in [0.3, 0.4) is 0 Å². The first-order valence-electron chi connectivity index (χ1n) is 7.75. The van der Waals surface area contributed by atoms with Crippen LogP contribution in [0.4, 0.5) is 0 Å². The third-order valence-electron chi connectivity index (χ3n) is 4.00. The molecule has 1 saturated heterocycles. The van der Waals surface area contributed by atoms with Crippen molar-refractivity contribution in [2.24, 2.45) is 0 Å². The van der Waals surface area contributed by atoms with Crippen molar-refractivity contribution in [2.45, 2.75) is 18.4 Å². The Balaban J connectivity index is 1.70. The summed E-state index contributed by atoms with van der Waals surface area (Å²) in [6.07, 6.45) is 0. The van der Waals surface area contributed by atoms with Crippen LogP contribution >= 0.6 is 11.6 Å². The van der Waals surface area contributed by atoms with Crippen molar-refractivity contribution in [3.05, 3.63) is 35.0 Å². The molecule has 0 atom stereocenters. The molecule has 0 N–H and O–H groups in total. The zero-order valence-electron chi connectivity index (χ0n) is 14.0. The smallest absolute Gasteiger partial charge is 0.246 e. The van der Waals surface area contributed by atoms with Gasteiger partial charge in [-0.15, -0.1) is 10.2 Å². The van der Waals surface area contributed by atoms with Crippen molar-refractivity contribution < 1.29 is 17.6 Å². The molecule has 0 radical (unpaired) electrons. The number of hydrogen-bond acceptors (Lipinski definition) is 7. The predicted molar refractivity (Wildman–Crippen MR) is 91.1 cm³/mol.